The Morgan fingerprint density at radius 3 is 0.688 bits per heavy atom. The van der Waals surface area contributed by atoms with E-state index in [9.17, 15) is 0 Å². The summed E-state index contributed by atoms with van der Waals surface area (Å²) in [5.41, 5.74) is 30.3. The second-order valence-electron chi connectivity index (χ2n) is 34.7. The monoisotopic (exact) mass is 1610 g/mol. The summed E-state index contributed by atoms with van der Waals surface area (Å²) in [4.78, 5) is 45.1. The summed E-state index contributed by atoms with van der Waals surface area (Å²) in [7, 11) is 0. The van der Waals surface area contributed by atoms with Gasteiger partial charge in [-0.3, -0.25) is 0 Å². The van der Waals surface area contributed by atoms with Crippen LogP contribution < -0.4 is 0 Å². The quantitative estimate of drug-likeness (QED) is 0.0989. The Morgan fingerprint density at radius 1 is 0.160 bits per heavy atom. The Balaban J connectivity index is 0.000000123. The second kappa shape index (κ2) is 33.8. The van der Waals surface area contributed by atoms with E-state index in [0.717, 1.165) is 77.5 Å². The minimum atomic E-state index is -0.124. The van der Waals surface area contributed by atoms with Crippen LogP contribution in [0.25, 0.3) is 180 Å². The number of rotatable bonds is 15. The SMILES string of the molecule is CC(C)c1ccc2c(c1)C(C)(C)c1cc(-c3nc(-c4ccc5ccccc5c4)nc(-c4ccc5ccccc5c4)n3)ccc1-2.CC(C)c1ccc2c(c1)C(C)(C)c1cc(-c3nc(-c4ccccc4)nc(-c4ccc(-c5ccccc5)cc4)n3)ccc1-2.CC(C)c1cccc(-c2nc(-c3ccc(-c4ccccc4)cc3)nc(-c3ccc(-c4ccccc4)cc3)n2)c1. The molecule has 0 amide bonds. The van der Waals surface area contributed by atoms with Gasteiger partial charge in [-0.15, -0.1) is 0 Å². The average molecular weight is 1620 g/mol. The van der Waals surface area contributed by atoms with Gasteiger partial charge in [0.05, 0.1) is 0 Å². The van der Waals surface area contributed by atoms with E-state index in [1.165, 1.54) is 88.7 Å². The highest BCUT2D eigenvalue weighted by Gasteiger charge is 2.38. The minimum absolute atomic E-state index is 0.114. The van der Waals surface area contributed by atoms with Gasteiger partial charge >= 0.3 is 0 Å². The molecule has 0 unspecified atom stereocenters. The predicted molar refractivity (Wildman–Crippen MR) is 517 cm³/mol. The summed E-state index contributed by atoms with van der Waals surface area (Å²) in [5.74, 6) is 7.46. The van der Waals surface area contributed by atoms with Gasteiger partial charge in [-0.1, -0.05) is 415 Å². The molecule has 0 atom stereocenters. The molecule has 0 fully saturated rings. The van der Waals surface area contributed by atoms with Crippen molar-refractivity contribution in [2.24, 2.45) is 0 Å². The number of fused-ring (bicyclic) bond motifs is 8. The zero-order valence-electron chi connectivity index (χ0n) is 72.1. The van der Waals surface area contributed by atoms with E-state index in [1.807, 2.05) is 36.4 Å². The summed E-state index contributed by atoms with van der Waals surface area (Å²) in [6, 6.07) is 132. The van der Waals surface area contributed by atoms with E-state index in [0.29, 0.717) is 70.2 Å². The van der Waals surface area contributed by atoms with E-state index < -0.39 is 0 Å². The van der Waals surface area contributed by atoms with Crippen molar-refractivity contribution in [2.75, 3.05) is 0 Å². The Morgan fingerprint density at radius 2 is 0.368 bits per heavy atom. The summed E-state index contributed by atoms with van der Waals surface area (Å²) in [5, 5.41) is 4.72. The molecule has 604 valence electrons. The maximum Gasteiger partial charge on any atom is 0.164 e. The molecule has 9 heteroatoms. The topological polar surface area (TPSA) is 116 Å². The van der Waals surface area contributed by atoms with Crippen molar-refractivity contribution in [2.45, 2.75) is 97.8 Å². The van der Waals surface area contributed by atoms with E-state index in [-0.39, 0.29) is 10.8 Å². The first kappa shape index (κ1) is 79.8. The minimum Gasteiger partial charge on any atom is -0.208 e. The zero-order valence-corrected chi connectivity index (χ0v) is 72.1. The molecule has 0 radical (unpaired) electrons. The molecule has 0 N–H and O–H groups in total. The van der Waals surface area contributed by atoms with Gasteiger partial charge in [0.1, 0.15) is 0 Å². The van der Waals surface area contributed by atoms with E-state index in [4.69, 9.17) is 44.9 Å². The molecule has 0 saturated heterocycles. The molecule has 3 heterocycles. The van der Waals surface area contributed by atoms with Gasteiger partial charge in [-0.25, -0.2) is 44.9 Å². The van der Waals surface area contributed by atoms with Crippen molar-refractivity contribution in [1.82, 2.24) is 44.9 Å². The molecule has 125 heavy (non-hydrogen) atoms. The molecular formula is C116H95N9. The largest absolute Gasteiger partial charge is 0.208 e. The van der Waals surface area contributed by atoms with Crippen molar-refractivity contribution in [3.05, 3.63) is 415 Å². The van der Waals surface area contributed by atoms with Crippen LogP contribution in [0.5, 0.6) is 0 Å². The van der Waals surface area contributed by atoms with E-state index in [1.54, 1.807) is 0 Å². The first-order valence-corrected chi connectivity index (χ1v) is 43.4. The zero-order chi connectivity index (χ0) is 85.5. The van der Waals surface area contributed by atoms with Crippen LogP contribution >= 0.6 is 0 Å². The molecule has 19 aromatic rings. The fourth-order valence-electron chi connectivity index (χ4n) is 17.4. The maximum absolute atomic E-state index is 5.11. The third kappa shape index (κ3) is 16.3. The molecule has 0 aliphatic heterocycles. The second-order valence-corrected chi connectivity index (χ2v) is 34.7. The molecule has 0 saturated carbocycles. The fraction of sp³-hybridized carbons (Fsp3) is 0.129. The van der Waals surface area contributed by atoms with Gasteiger partial charge in [-0.05, 0) is 164 Å². The molecule has 0 spiro atoms. The van der Waals surface area contributed by atoms with Gasteiger partial charge in [-0.2, -0.15) is 0 Å². The van der Waals surface area contributed by atoms with Crippen LogP contribution in [0.2, 0.25) is 0 Å². The van der Waals surface area contributed by atoms with Crippen molar-refractivity contribution in [1.29, 1.82) is 0 Å². The van der Waals surface area contributed by atoms with Gasteiger partial charge in [0, 0.05) is 60.9 Å². The third-order valence-corrected chi connectivity index (χ3v) is 24.8. The van der Waals surface area contributed by atoms with Gasteiger partial charge in [0.2, 0.25) is 0 Å². The van der Waals surface area contributed by atoms with Crippen LogP contribution in [-0.4, -0.2) is 44.9 Å². The average Bonchev–Trinajstić information content (AvgIpc) is 1.58. The summed E-state index contributed by atoms with van der Waals surface area (Å²) in [6.07, 6.45) is 0. The fourth-order valence-corrected chi connectivity index (χ4v) is 17.4. The summed E-state index contributed by atoms with van der Waals surface area (Å²) >= 11 is 0. The first-order chi connectivity index (χ1) is 60.9. The third-order valence-electron chi connectivity index (χ3n) is 24.8. The van der Waals surface area contributed by atoms with Crippen molar-refractivity contribution < 1.29 is 0 Å². The molecule has 2 aliphatic rings. The Kier molecular flexibility index (Phi) is 21.6. The van der Waals surface area contributed by atoms with Crippen LogP contribution in [0, 0.1) is 0 Å². The molecule has 3 aromatic heterocycles. The lowest BCUT2D eigenvalue weighted by Crippen LogP contribution is -2.15. The smallest absolute Gasteiger partial charge is 0.164 e. The van der Waals surface area contributed by atoms with E-state index >= 15 is 0 Å². The lowest BCUT2D eigenvalue weighted by atomic mass is 9.81. The molecule has 16 aromatic carbocycles. The molecule has 9 nitrogen and oxygen atoms in total. The van der Waals surface area contributed by atoms with Gasteiger partial charge < -0.3 is 0 Å². The highest BCUT2D eigenvalue weighted by atomic mass is 15.1. The Labute approximate surface area is 732 Å². The maximum atomic E-state index is 5.11. The van der Waals surface area contributed by atoms with Crippen LogP contribution in [0.3, 0.4) is 0 Å². The predicted octanol–water partition coefficient (Wildman–Crippen LogP) is 29.9. The summed E-state index contributed by atoms with van der Waals surface area (Å²) in [6.45, 7) is 22.8. The number of hydrogen-bond donors (Lipinski definition) is 0. The lowest BCUT2D eigenvalue weighted by Gasteiger charge is -2.23. The van der Waals surface area contributed by atoms with Crippen LogP contribution in [0.15, 0.2) is 376 Å². The van der Waals surface area contributed by atoms with Crippen LogP contribution in [0.4, 0.5) is 0 Å². The molecule has 0 bridgehead atoms. The number of aromatic nitrogens is 9. The number of benzene rings is 16. The number of nitrogens with zero attached hydrogens (tertiary/aromatic N) is 9. The molecular weight excluding hydrogens is 1520 g/mol. The van der Waals surface area contributed by atoms with Gasteiger partial charge in [0.15, 0.2) is 52.4 Å². The molecule has 21 rings (SSSR count). The normalized spacial score (nSPS) is 12.6. The lowest BCUT2D eigenvalue weighted by molar-refractivity contribution is 0.658. The standard InChI is InChI=1S/C41H33N3.C39H33N3.C36H29N3/c1-25(2)28-17-19-34-35-20-18-33(24-37(35)41(3,4)36(34)23-28)40-43-38(31-15-13-26-9-5-7-11-29(26)21-31)42-39(44-40)32-16-14-27-10-6-8-12-30(27)22-32;1-25(2)30-19-21-32-33-22-20-31(24-35(33)39(3,4)34(32)23-30)38-41-36(28-13-9-6-10-14-28)40-37(42-38)29-17-15-27(16-18-29)26-11-7-5-8-12-26;1-25(2)32-14-9-15-33(24-32)36-38-34(30-20-16-28(17-21-30)26-10-5-3-6-11-26)37-35(39-36)31-22-18-29(19-23-31)27-12-7-4-8-13-27/h5-25H,1-4H3;5-25H,1-4H3;3-25H,1-2H3. The Bertz CT molecular complexity index is 7010. The van der Waals surface area contributed by atoms with E-state index in [2.05, 4.69) is 409 Å². The van der Waals surface area contributed by atoms with Crippen molar-refractivity contribution in [3.63, 3.8) is 0 Å². The number of hydrogen-bond acceptors (Lipinski definition) is 9. The highest BCUT2D eigenvalue weighted by Crippen LogP contribution is 2.52. The molecule has 2 aliphatic carbocycles. The summed E-state index contributed by atoms with van der Waals surface area (Å²) < 4.78 is 0. The van der Waals surface area contributed by atoms with Crippen LogP contribution in [0.1, 0.15) is 126 Å². The van der Waals surface area contributed by atoms with Gasteiger partial charge in [0.25, 0.3) is 0 Å². The Hall–Kier alpha value is -14.9. The van der Waals surface area contributed by atoms with Crippen molar-refractivity contribution >= 4 is 21.5 Å². The van der Waals surface area contributed by atoms with Crippen LogP contribution in [-0.2, 0) is 10.8 Å². The first-order valence-electron chi connectivity index (χ1n) is 43.4. The van der Waals surface area contributed by atoms with Crippen molar-refractivity contribution in [3.8, 4) is 158 Å². The highest BCUT2D eigenvalue weighted by molar-refractivity contribution is 5.90.